The lowest BCUT2D eigenvalue weighted by Crippen LogP contribution is -2.47. The van der Waals surface area contributed by atoms with Crippen molar-refractivity contribution in [2.24, 2.45) is 5.92 Å². The Balaban J connectivity index is 1.70. The van der Waals surface area contributed by atoms with Crippen LogP contribution in [0.4, 0.5) is 4.79 Å². The van der Waals surface area contributed by atoms with Crippen molar-refractivity contribution in [3.8, 4) is 5.75 Å². The molecular formula is C24H25NO6. The largest absolute Gasteiger partial charge is 0.445 e. The van der Waals surface area contributed by atoms with Crippen LogP contribution in [0.1, 0.15) is 31.4 Å². The lowest BCUT2D eigenvalue weighted by atomic mass is 9.99. The van der Waals surface area contributed by atoms with Gasteiger partial charge in [-0.15, -0.1) is 0 Å². The second-order valence-electron chi connectivity index (χ2n) is 7.40. The van der Waals surface area contributed by atoms with Crippen LogP contribution in [-0.2, 0) is 16.1 Å². The minimum Gasteiger partial charge on any atom is -0.445 e. The molecule has 3 rings (SSSR count). The first kappa shape index (κ1) is 22.1. The van der Waals surface area contributed by atoms with Crippen molar-refractivity contribution in [1.82, 2.24) is 5.32 Å². The summed E-state index contributed by atoms with van der Waals surface area (Å²) in [5.41, 5.74) is 1.46. The quantitative estimate of drug-likeness (QED) is 0.345. The number of ether oxygens (including phenoxy) is 2. The van der Waals surface area contributed by atoms with Crippen LogP contribution in [0, 0.1) is 12.8 Å². The van der Waals surface area contributed by atoms with Gasteiger partial charge in [-0.3, -0.25) is 0 Å². The van der Waals surface area contributed by atoms with Crippen LogP contribution in [-0.4, -0.2) is 18.1 Å². The molecule has 1 unspecified atom stereocenters. The van der Waals surface area contributed by atoms with E-state index in [9.17, 15) is 14.4 Å². The SMILES string of the molecule is CCC(C)[C@@H](NC(=O)OCc1ccccc1)C(=O)Oc1ccc2c(C)cc(=O)oc2c1. The Labute approximate surface area is 180 Å². The number of nitrogens with one attached hydrogen (secondary N) is 1. The second-order valence-corrected chi connectivity index (χ2v) is 7.40. The van der Waals surface area contributed by atoms with Crippen LogP contribution >= 0.6 is 0 Å². The summed E-state index contributed by atoms with van der Waals surface area (Å²) >= 11 is 0. The summed E-state index contributed by atoms with van der Waals surface area (Å²) in [5, 5.41) is 3.35. The molecule has 0 aliphatic heterocycles. The summed E-state index contributed by atoms with van der Waals surface area (Å²) in [7, 11) is 0. The topological polar surface area (TPSA) is 94.8 Å². The molecule has 3 aromatic rings. The van der Waals surface area contributed by atoms with E-state index < -0.39 is 23.7 Å². The number of aryl methyl sites for hydroxylation is 1. The van der Waals surface area contributed by atoms with E-state index in [1.807, 2.05) is 44.2 Å². The Hall–Kier alpha value is -3.61. The van der Waals surface area contributed by atoms with Crippen LogP contribution in [0.2, 0.25) is 0 Å². The van der Waals surface area contributed by atoms with Gasteiger partial charge in [0.2, 0.25) is 0 Å². The number of alkyl carbamates (subject to hydrolysis) is 1. The molecule has 7 heteroatoms. The highest BCUT2D eigenvalue weighted by molar-refractivity contribution is 5.85. The third-order valence-electron chi connectivity index (χ3n) is 5.09. The molecule has 0 saturated carbocycles. The van der Waals surface area contributed by atoms with E-state index in [1.54, 1.807) is 19.1 Å². The molecule has 1 amide bonds. The molecule has 0 spiro atoms. The smallest absolute Gasteiger partial charge is 0.408 e. The number of fused-ring (bicyclic) bond motifs is 1. The molecule has 0 radical (unpaired) electrons. The molecule has 1 N–H and O–H groups in total. The Morgan fingerprint density at radius 2 is 1.84 bits per heavy atom. The van der Waals surface area contributed by atoms with Crippen LogP contribution in [0.25, 0.3) is 11.0 Å². The maximum Gasteiger partial charge on any atom is 0.408 e. The van der Waals surface area contributed by atoms with Crippen molar-refractivity contribution >= 4 is 23.0 Å². The normalized spacial score (nSPS) is 12.7. The molecule has 7 nitrogen and oxygen atoms in total. The first-order valence-electron chi connectivity index (χ1n) is 10.1. The molecule has 2 atom stereocenters. The van der Waals surface area contributed by atoms with Crippen molar-refractivity contribution in [2.45, 2.75) is 39.8 Å². The molecule has 0 bridgehead atoms. The maximum absolute atomic E-state index is 12.8. The Bertz CT molecular complexity index is 1120. The van der Waals surface area contributed by atoms with Crippen molar-refractivity contribution in [1.29, 1.82) is 0 Å². The third-order valence-corrected chi connectivity index (χ3v) is 5.09. The summed E-state index contributed by atoms with van der Waals surface area (Å²) < 4.78 is 15.9. The van der Waals surface area contributed by atoms with Gasteiger partial charge in [-0.25, -0.2) is 14.4 Å². The predicted octanol–water partition coefficient (Wildman–Crippen LogP) is 4.35. The molecule has 0 fully saturated rings. The zero-order chi connectivity index (χ0) is 22.4. The van der Waals surface area contributed by atoms with E-state index in [-0.39, 0.29) is 18.3 Å². The lowest BCUT2D eigenvalue weighted by molar-refractivity contribution is -0.138. The van der Waals surface area contributed by atoms with Gasteiger partial charge in [-0.1, -0.05) is 50.6 Å². The fourth-order valence-electron chi connectivity index (χ4n) is 3.11. The first-order chi connectivity index (χ1) is 14.9. The number of esters is 1. The average Bonchev–Trinajstić information content (AvgIpc) is 2.75. The summed E-state index contributed by atoms with van der Waals surface area (Å²) in [6, 6.07) is 14.6. The van der Waals surface area contributed by atoms with Crippen molar-refractivity contribution in [2.75, 3.05) is 0 Å². The van der Waals surface area contributed by atoms with Gasteiger partial charge in [0.15, 0.2) is 0 Å². The number of hydrogen-bond acceptors (Lipinski definition) is 6. The monoisotopic (exact) mass is 423 g/mol. The summed E-state index contributed by atoms with van der Waals surface area (Å²) in [5.74, 6) is -0.586. The Kier molecular flexibility index (Phi) is 7.07. The minimum absolute atomic E-state index is 0.0952. The molecule has 2 aromatic carbocycles. The molecule has 31 heavy (non-hydrogen) atoms. The fraction of sp³-hybridized carbons (Fsp3) is 0.292. The zero-order valence-electron chi connectivity index (χ0n) is 17.7. The van der Waals surface area contributed by atoms with Gasteiger partial charge >= 0.3 is 17.7 Å². The third kappa shape index (κ3) is 5.72. The standard InChI is InChI=1S/C24H25NO6/c1-4-15(2)22(25-24(28)29-14-17-8-6-5-7-9-17)23(27)30-18-10-11-19-16(3)12-21(26)31-20(19)13-18/h5-13,15,22H,4,14H2,1-3H3,(H,25,28)/t15?,22-/m1/s1. The minimum atomic E-state index is -0.895. The predicted molar refractivity (Wildman–Crippen MR) is 116 cm³/mol. The summed E-state index contributed by atoms with van der Waals surface area (Å²) in [6.45, 7) is 5.65. The molecular weight excluding hydrogens is 398 g/mol. The number of hydrogen-bond donors (Lipinski definition) is 1. The molecule has 0 aliphatic rings. The fourth-order valence-corrected chi connectivity index (χ4v) is 3.11. The zero-order valence-corrected chi connectivity index (χ0v) is 17.7. The van der Waals surface area contributed by atoms with Gasteiger partial charge in [0.25, 0.3) is 0 Å². The van der Waals surface area contributed by atoms with E-state index in [2.05, 4.69) is 5.32 Å². The number of carbonyl (C=O) groups excluding carboxylic acids is 2. The molecule has 1 heterocycles. The van der Waals surface area contributed by atoms with E-state index in [0.717, 1.165) is 16.5 Å². The number of benzene rings is 2. The summed E-state index contributed by atoms with van der Waals surface area (Å²) in [4.78, 5) is 36.7. The van der Waals surface area contributed by atoms with Gasteiger partial charge in [0.1, 0.15) is 24.0 Å². The molecule has 162 valence electrons. The van der Waals surface area contributed by atoms with Crippen LogP contribution in [0.5, 0.6) is 5.75 Å². The van der Waals surface area contributed by atoms with E-state index >= 15 is 0 Å². The molecule has 0 aliphatic carbocycles. The van der Waals surface area contributed by atoms with Gasteiger partial charge in [-0.2, -0.15) is 0 Å². The lowest BCUT2D eigenvalue weighted by Gasteiger charge is -2.22. The van der Waals surface area contributed by atoms with Gasteiger partial charge < -0.3 is 19.2 Å². The van der Waals surface area contributed by atoms with Crippen LogP contribution in [0.15, 0.2) is 63.8 Å². The summed E-state index contributed by atoms with van der Waals surface area (Å²) in [6.07, 6.45) is -0.0592. The molecule has 1 aromatic heterocycles. The highest BCUT2D eigenvalue weighted by atomic mass is 16.6. The van der Waals surface area contributed by atoms with E-state index in [1.165, 1.54) is 12.1 Å². The number of amides is 1. The van der Waals surface area contributed by atoms with Gasteiger partial charge in [0.05, 0.1) is 0 Å². The maximum atomic E-state index is 12.8. The van der Waals surface area contributed by atoms with Crippen molar-refractivity contribution in [3.05, 3.63) is 76.1 Å². The Morgan fingerprint density at radius 3 is 2.55 bits per heavy atom. The highest BCUT2D eigenvalue weighted by Gasteiger charge is 2.28. The van der Waals surface area contributed by atoms with E-state index in [0.29, 0.717) is 12.0 Å². The van der Waals surface area contributed by atoms with Crippen LogP contribution < -0.4 is 15.7 Å². The first-order valence-corrected chi connectivity index (χ1v) is 10.1. The highest BCUT2D eigenvalue weighted by Crippen LogP contribution is 2.23. The number of carbonyl (C=O) groups is 2. The second kappa shape index (κ2) is 9.93. The van der Waals surface area contributed by atoms with E-state index in [4.69, 9.17) is 13.9 Å². The van der Waals surface area contributed by atoms with Gasteiger partial charge in [0, 0.05) is 17.5 Å². The average molecular weight is 423 g/mol. The molecule has 0 saturated heterocycles. The Morgan fingerprint density at radius 1 is 1.10 bits per heavy atom. The number of rotatable bonds is 7. The van der Waals surface area contributed by atoms with Gasteiger partial charge in [-0.05, 0) is 36.1 Å². The van der Waals surface area contributed by atoms with Crippen molar-refractivity contribution < 1.29 is 23.5 Å². The van der Waals surface area contributed by atoms with Crippen molar-refractivity contribution in [3.63, 3.8) is 0 Å². The van der Waals surface area contributed by atoms with Crippen LogP contribution in [0.3, 0.4) is 0 Å².